The Morgan fingerprint density at radius 3 is 2.40 bits per heavy atom. The van der Waals surface area contributed by atoms with Gasteiger partial charge in [0.2, 0.25) is 0 Å². The fraction of sp³-hybridized carbons (Fsp3) is 0.533. The highest BCUT2D eigenvalue weighted by atomic mass is 19.4. The van der Waals surface area contributed by atoms with Crippen LogP contribution in [0.1, 0.15) is 34.1 Å². The van der Waals surface area contributed by atoms with Crippen LogP contribution in [0, 0.1) is 17.3 Å². The zero-order chi connectivity index (χ0) is 15.8. The number of halogens is 3. The van der Waals surface area contributed by atoms with Crippen LogP contribution in [0.25, 0.3) is 0 Å². The highest BCUT2D eigenvalue weighted by molar-refractivity contribution is 5.93. The number of rotatable bonds is 0. The largest absolute Gasteiger partial charge is 0.423 e. The van der Waals surface area contributed by atoms with Crippen molar-refractivity contribution in [3.05, 3.63) is 23.3 Å². The predicted octanol–water partition coefficient (Wildman–Crippen LogP) is 3.17. The van der Waals surface area contributed by atoms with Gasteiger partial charge in [-0.3, -0.25) is 4.79 Å². The molecule has 0 amide bonds. The van der Waals surface area contributed by atoms with E-state index in [4.69, 9.17) is 0 Å². The average Bonchev–Trinajstić information content (AvgIpc) is 2.24. The van der Waals surface area contributed by atoms with Crippen molar-refractivity contribution >= 4 is 5.78 Å². The molecular weight excluding hydrogens is 269 g/mol. The SMILES string of the molecule is C/C=C(\C#CC1(O)C(C)=CC(=O)CC1(C)C)C(F)(F)F. The zero-order valence-corrected chi connectivity index (χ0v) is 11.9. The molecule has 0 saturated carbocycles. The average molecular weight is 286 g/mol. The summed E-state index contributed by atoms with van der Waals surface area (Å²) in [6, 6.07) is 0. The van der Waals surface area contributed by atoms with Crippen LogP contribution >= 0.6 is 0 Å². The number of hydrogen-bond donors (Lipinski definition) is 1. The van der Waals surface area contributed by atoms with Crippen LogP contribution < -0.4 is 0 Å². The van der Waals surface area contributed by atoms with Crippen molar-refractivity contribution in [1.29, 1.82) is 0 Å². The van der Waals surface area contributed by atoms with Crippen LogP contribution in [0.4, 0.5) is 13.2 Å². The van der Waals surface area contributed by atoms with Crippen LogP contribution in [0.15, 0.2) is 23.3 Å². The molecule has 0 radical (unpaired) electrons. The molecule has 0 saturated heterocycles. The highest BCUT2D eigenvalue weighted by Crippen LogP contribution is 2.43. The first-order chi connectivity index (χ1) is 8.94. The van der Waals surface area contributed by atoms with Crippen molar-refractivity contribution in [3.8, 4) is 11.8 Å². The van der Waals surface area contributed by atoms with E-state index in [0.717, 1.165) is 6.08 Å². The zero-order valence-electron chi connectivity index (χ0n) is 11.9. The molecule has 0 aromatic rings. The maximum absolute atomic E-state index is 12.6. The minimum absolute atomic E-state index is 0.0344. The van der Waals surface area contributed by atoms with Crippen molar-refractivity contribution in [2.45, 2.75) is 45.9 Å². The Morgan fingerprint density at radius 1 is 1.45 bits per heavy atom. The molecule has 0 aromatic heterocycles. The van der Waals surface area contributed by atoms with Gasteiger partial charge in [0.1, 0.15) is 5.57 Å². The minimum Gasteiger partial charge on any atom is -0.373 e. The Bertz CT molecular complexity index is 542. The van der Waals surface area contributed by atoms with E-state index < -0.39 is 22.8 Å². The lowest BCUT2D eigenvalue weighted by Crippen LogP contribution is -2.48. The molecule has 0 bridgehead atoms. The standard InChI is InChI=1S/C15H17F3O2/c1-5-11(15(16,17)18)6-7-14(20)10(2)8-12(19)9-13(14,3)4/h5,8,20H,9H2,1-4H3/b11-5+. The molecule has 0 aliphatic heterocycles. The summed E-state index contributed by atoms with van der Waals surface area (Å²) in [5.41, 5.74) is -3.43. The Hall–Kier alpha value is -1.54. The first-order valence-corrected chi connectivity index (χ1v) is 6.15. The van der Waals surface area contributed by atoms with Crippen molar-refractivity contribution < 1.29 is 23.1 Å². The van der Waals surface area contributed by atoms with E-state index in [-0.39, 0.29) is 17.8 Å². The van der Waals surface area contributed by atoms with Gasteiger partial charge in [0.25, 0.3) is 0 Å². The molecule has 1 aliphatic carbocycles. The molecule has 2 nitrogen and oxygen atoms in total. The lowest BCUT2D eigenvalue weighted by molar-refractivity contribution is -0.121. The minimum atomic E-state index is -4.55. The van der Waals surface area contributed by atoms with Crippen molar-refractivity contribution in [2.75, 3.05) is 0 Å². The van der Waals surface area contributed by atoms with Crippen LogP contribution in [0.3, 0.4) is 0 Å². The summed E-state index contributed by atoms with van der Waals surface area (Å²) in [5.74, 6) is 4.15. The smallest absolute Gasteiger partial charge is 0.373 e. The van der Waals surface area contributed by atoms with Gasteiger partial charge in [-0.2, -0.15) is 13.2 Å². The molecule has 1 aliphatic rings. The first kappa shape index (κ1) is 16.5. The topological polar surface area (TPSA) is 37.3 Å². The fourth-order valence-corrected chi connectivity index (χ4v) is 2.23. The lowest BCUT2D eigenvalue weighted by Gasteiger charge is -2.42. The Labute approximate surface area is 116 Å². The van der Waals surface area contributed by atoms with Gasteiger partial charge in [0.15, 0.2) is 11.4 Å². The third-order valence-electron chi connectivity index (χ3n) is 3.52. The second-order valence-electron chi connectivity index (χ2n) is 5.51. The van der Waals surface area contributed by atoms with Gasteiger partial charge < -0.3 is 5.11 Å². The molecule has 0 fully saturated rings. The highest BCUT2D eigenvalue weighted by Gasteiger charge is 2.48. The molecule has 0 aromatic carbocycles. The second-order valence-corrected chi connectivity index (χ2v) is 5.51. The van der Waals surface area contributed by atoms with Gasteiger partial charge in [-0.15, -0.1) is 0 Å². The van der Waals surface area contributed by atoms with E-state index in [2.05, 4.69) is 5.92 Å². The van der Waals surface area contributed by atoms with E-state index in [1.54, 1.807) is 13.8 Å². The molecule has 0 heterocycles. The number of ketones is 1. The van der Waals surface area contributed by atoms with Crippen LogP contribution in [0.2, 0.25) is 0 Å². The van der Waals surface area contributed by atoms with E-state index in [1.165, 1.54) is 19.9 Å². The summed E-state index contributed by atoms with van der Waals surface area (Å²) >= 11 is 0. The van der Waals surface area contributed by atoms with Crippen molar-refractivity contribution in [1.82, 2.24) is 0 Å². The summed E-state index contributed by atoms with van der Waals surface area (Å²) in [5, 5.41) is 10.6. The Morgan fingerprint density at radius 2 is 2.00 bits per heavy atom. The predicted molar refractivity (Wildman–Crippen MR) is 69.7 cm³/mol. The molecule has 110 valence electrons. The van der Waals surface area contributed by atoms with Crippen molar-refractivity contribution in [2.24, 2.45) is 5.41 Å². The molecular formula is C15H17F3O2. The van der Waals surface area contributed by atoms with E-state index in [9.17, 15) is 23.1 Å². The van der Waals surface area contributed by atoms with E-state index >= 15 is 0 Å². The summed E-state index contributed by atoms with van der Waals surface area (Å²) in [4.78, 5) is 11.5. The molecule has 1 unspecified atom stereocenters. The second kappa shape index (κ2) is 5.10. The summed E-state index contributed by atoms with van der Waals surface area (Å²) in [6.07, 6.45) is -2.42. The van der Waals surface area contributed by atoms with E-state index in [1.807, 2.05) is 5.92 Å². The van der Waals surface area contributed by atoms with Gasteiger partial charge in [-0.1, -0.05) is 31.8 Å². The molecule has 20 heavy (non-hydrogen) atoms. The molecule has 0 spiro atoms. The molecule has 1 atom stereocenters. The lowest BCUT2D eigenvalue weighted by atomic mass is 9.65. The molecule has 5 heteroatoms. The third-order valence-corrected chi connectivity index (χ3v) is 3.52. The Kier molecular flexibility index (Phi) is 4.21. The number of alkyl halides is 3. The number of carbonyl (C=O) groups excluding carboxylic acids is 1. The Balaban J connectivity index is 3.32. The van der Waals surface area contributed by atoms with Crippen molar-refractivity contribution in [3.63, 3.8) is 0 Å². The van der Waals surface area contributed by atoms with Gasteiger partial charge in [-0.05, 0) is 25.5 Å². The number of allylic oxidation sites excluding steroid dienone is 3. The monoisotopic (exact) mass is 286 g/mol. The maximum Gasteiger partial charge on any atom is 0.423 e. The van der Waals surface area contributed by atoms with Gasteiger partial charge in [-0.25, -0.2) is 0 Å². The number of hydrogen-bond acceptors (Lipinski definition) is 2. The van der Waals surface area contributed by atoms with Crippen LogP contribution in [-0.2, 0) is 4.79 Å². The first-order valence-electron chi connectivity index (χ1n) is 6.15. The van der Waals surface area contributed by atoms with Gasteiger partial charge >= 0.3 is 6.18 Å². The molecule has 1 rings (SSSR count). The molecule has 1 N–H and O–H groups in total. The van der Waals surface area contributed by atoms with E-state index in [0.29, 0.717) is 0 Å². The van der Waals surface area contributed by atoms with Crippen LogP contribution in [0.5, 0.6) is 0 Å². The van der Waals surface area contributed by atoms with Crippen LogP contribution in [-0.4, -0.2) is 22.7 Å². The third kappa shape index (κ3) is 2.96. The summed E-state index contributed by atoms with van der Waals surface area (Å²) in [6.45, 7) is 5.95. The quantitative estimate of drug-likeness (QED) is 0.694. The summed E-state index contributed by atoms with van der Waals surface area (Å²) < 4.78 is 37.9. The van der Waals surface area contributed by atoms with Gasteiger partial charge in [0, 0.05) is 11.8 Å². The summed E-state index contributed by atoms with van der Waals surface area (Å²) in [7, 11) is 0. The fourth-order valence-electron chi connectivity index (χ4n) is 2.23. The number of carbonyl (C=O) groups is 1. The van der Waals surface area contributed by atoms with Gasteiger partial charge in [0.05, 0.1) is 0 Å². The maximum atomic E-state index is 12.6. The normalized spacial score (nSPS) is 26.7. The number of aliphatic hydroxyl groups is 1.